The highest BCUT2D eigenvalue weighted by atomic mass is 32.1. The van der Waals surface area contributed by atoms with Gasteiger partial charge in [-0.2, -0.15) is 0 Å². The van der Waals surface area contributed by atoms with E-state index >= 15 is 0 Å². The fourth-order valence-electron chi connectivity index (χ4n) is 9.66. The highest BCUT2D eigenvalue weighted by Gasteiger charge is 2.37. The molecule has 11 rings (SSSR count). The molecule has 0 saturated carbocycles. The van der Waals surface area contributed by atoms with Gasteiger partial charge in [0.1, 0.15) is 0 Å². The molecule has 0 radical (unpaired) electrons. The Bertz CT molecular complexity index is 3000. The summed E-state index contributed by atoms with van der Waals surface area (Å²) in [5, 5.41) is 5.31. The second-order valence-corrected chi connectivity index (χ2v) is 17.2. The van der Waals surface area contributed by atoms with Crippen molar-refractivity contribution < 1.29 is 0 Å². The van der Waals surface area contributed by atoms with Crippen LogP contribution >= 0.6 is 11.3 Å². The lowest BCUT2D eigenvalue weighted by Crippen LogP contribution is -2.17. The van der Waals surface area contributed by atoms with Crippen LogP contribution in [0.2, 0.25) is 0 Å². The molecular formula is C52H39NS. The Morgan fingerprint density at radius 1 is 0.389 bits per heavy atom. The van der Waals surface area contributed by atoms with Crippen LogP contribution in [0.15, 0.2) is 164 Å². The Labute approximate surface area is 320 Å². The molecule has 258 valence electrons. The molecule has 9 aromatic rings. The van der Waals surface area contributed by atoms with Gasteiger partial charge in [-0.3, -0.25) is 0 Å². The summed E-state index contributed by atoms with van der Waals surface area (Å²) in [7, 11) is 0. The van der Waals surface area contributed by atoms with Crippen LogP contribution in [0.25, 0.3) is 64.3 Å². The molecule has 1 nitrogen and oxygen atoms in total. The summed E-state index contributed by atoms with van der Waals surface area (Å²) in [5.41, 5.74) is 16.7. The normalized spacial score (nSPS) is 14.6. The van der Waals surface area contributed by atoms with Crippen molar-refractivity contribution in [2.45, 2.75) is 38.5 Å². The molecule has 0 unspecified atom stereocenters. The Kier molecular flexibility index (Phi) is 6.59. The van der Waals surface area contributed by atoms with E-state index in [2.05, 4.69) is 196 Å². The van der Waals surface area contributed by atoms with Crippen LogP contribution in [0.3, 0.4) is 0 Å². The summed E-state index contributed by atoms with van der Waals surface area (Å²) in [4.78, 5) is 2.45. The SMILES string of the molecule is CC1(C)c2ccccc2-c2cc(N(c3ccc(-c4ccc5c(ccc6sc7ccccc7c65)c4)cc3)c3ccc4c(c3)C(C)(C)c3ccccc3-4)ccc21. The lowest BCUT2D eigenvalue weighted by molar-refractivity contribution is 0.660. The Morgan fingerprint density at radius 2 is 0.981 bits per heavy atom. The average molecular weight is 710 g/mol. The molecule has 1 heterocycles. The minimum Gasteiger partial charge on any atom is -0.310 e. The molecule has 0 saturated heterocycles. The highest BCUT2D eigenvalue weighted by molar-refractivity contribution is 7.26. The van der Waals surface area contributed by atoms with Gasteiger partial charge in [0.15, 0.2) is 0 Å². The lowest BCUT2D eigenvalue weighted by atomic mass is 9.82. The number of thiophene rings is 1. The van der Waals surface area contributed by atoms with Crippen LogP contribution in [0.1, 0.15) is 49.9 Å². The molecular weight excluding hydrogens is 671 g/mol. The topological polar surface area (TPSA) is 3.24 Å². The van der Waals surface area contributed by atoms with Gasteiger partial charge in [0.2, 0.25) is 0 Å². The van der Waals surface area contributed by atoms with Gasteiger partial charge in [0.25, 0.3) is 0 Å². The molecule has 2 heteroatoms. The van der Waals surface area contributed by atoms with Crippen molar-refractivity contribution in [1.29, 1.82) is 0 Å². The van der Waals surface area contributed by atoms with Gasteiger partial charge in [0, 0.05) is 48.1 Å². The maximum absolute atomic E-state index is 2.45. The van der Waals surface area contributed by atoms with Gasteiger partial charge in [-0.1, -0.05) is 137 Å². The first kappa shape index (κ1) is 31.6. The van der Waals surface area contributed by atoms with Gasteiger partial charge in [-0.15, -0.1) is 11.3 Å². The van der Waals surface area contributed by atoms with Gasteiger partial charge in [-0.25, -0.2) is 0 Å². The van der Waals surface area contributed by atoms with Crippen molar-refractivity contribution in [3.8, 4) is 33.4 Å². The molecule has 0 bridgehead atoms. The minimum absolute atomic E-state index is 0.0392. The number of nitrogens with zero attached hydrogens (tertiary/aromatic N) is 1. The minimum atomic E-state index is -0.0880. The third-order valence-electron chi connectivity index (χ3n) is 12.5. The molecule has 54 heavy (non-hydrogen) atoms. The summed E-state index contributed by atoms with van der Waals surface area (Å²) >= 11 is 1.88. The average Bonchev–Trinajstić information content (AvgIpc) is 3.78. The summed E-state index contributed by atoms with van der Waals surface area (Å²) in [6.07, 6.45) is 0. The highest BCUT2D eigenvalue weighted by Crippen LogP contribution is 2.53. The van der Waals surface area contributed by atoms with Crippen molar-refractivity contribution in [1.82, 2.24) is 0 Å². The van der Waals surface area contributed by atoms with Crippen molar-refractivity contribution in [2.24, 2.45) is 0 Å². The van der Waals surface area contributed by atoms with Crippen molar-refractivity contribution in [3.05, 3.63) is 186 Å². The fraction of sp³-hybridized carbons (Fsp3) is 0.115. The predicted molar refractivity (Wildman–Crippen MR) is 232 cm³/mol. The van der Waals surface area contributed by atoms with Gasteiger partial charge >= 0.3 is 0 Å². The zero-order valence-corrected chi connectivity index (χ0v) is 31.8. The van der Waals surface area contributed by atoms with Gasteiger partial charge < -0.3 is 4.90 Å². The van der Waals surface area contributed by atoms with Crippen molar-refractivity contribution in [3.63, 3.8) is 0 Å². The third kappa shape index (κ3) is 4.44. The molecule has 0 N–H and O–H groups in total. The van der Waals surface area contributed by atoms with E-state index in [0.29, 0.717) is 0 Å². The standard InChI is InChI=1S/C52H39NS/c1-51(2)45-15-9-6-12-40(45)43-30-36(24-27-46(43)51)53(37-23-26-41-39-11-5-8-14-44(39)52(3,4)47(41)31-37)35-21-17-32(18-22-35)33-19-25-38-34(29-33)20-28-49-50(38)42-13-7-10-16-48(42)54-49/h5-31H,1-4H3. The maximum Gasteiger partial charge on any atom is 0.0468 e. The molecule has 2 aliphatic rings. The van der Waals surface area contributed by atoms with Crippen LogP contribution in [0, 0.1) is 0 Å². The Morgan fingerprint density at radius 3 is 1.78 bits per heavy atom. The molecule has 0 atom stereocenters. The summed E-state index contributed by atoms with van der Waals surface area (Å²) in [5.74, 6) is 0. The molecule has 0 spiro atoms. The number of anilines is 3. The largest absolute Gasteiger partial charge is 0.310 e. The van der Waals surface area contributed by atoms with E-state index in [4.69, 9.17) is 0 Å². The number of fused-ring (bicyclic) bond motifs is 11. The van der Waals surface area contributed by atoms with E-state index in [1.54, 1.807) is 0 Å². The van der Waals surface area contributed by atoms with Crippen LogP contribution in [0.4, 0.5) is 17.1 Å². The zero-order chi connectivity index (χ0) is 36.3. The molecule has 0 amide bonds. The quantitative estimate of drug-likeness (QED) is 0.176. The molecule has 8 aromatic carbocycles. The molecule has 0 fully saturated rings. The van der Waals surface area contributed by atoms with E-state index in [-0.39, 0.29) is 10.8 Å². The second kappa shape index (κ2) is 11.3. The fourth-order valence-corrected chi connectivity index (χ4v) is 10.8. The maximum atomic E-state index is 2.45. The second-order valence-electron chi connectivity index (χ2n) is 16.2. The van der Waals surface area contributed by atoms with E-state index in [9.17, 15) is 0 Å². The van der Waals surface area contributed by atoms with Gasteiger partial charge in [-0.05, 0) is 121 Å². The lowest BCUT2D eigenvalue weighted by Gasteiger charge is -2.29. The molecule has 2 aliphatic carbocycles. The van der Waals surface area contributed by atoms with Crippen LogP contribution in [-0.4, -0.2) is 0 Å². The van der Waals surface area contributed by atoms with E-state index < -0.39 is 0 Å². The Balaban J connectivity index is 1.04. The van der Waals surface area contributed by atoms with E-state index in [1.807, 2.05) is 11.3 Å². The first-order chi connectivity index (χ1) is 26.3. The number of hydrogen-bond donors (Lipinski definition) is 0. The predicted octanol–water partition coefficient (Wildman–Crippen LogP) is 15.0. The van der Waals surface area contributed by atoms with E-state index in [0.717, 1.165) is 5.69 Å². The smallest absolute Gasteiger partial charge is 0.0468 e. The third-order valence-corrected chi connectivity index (χ3v) is 13.6. The molecule has 0 aliphatic heterocycles. The number of benzene rings is 8. The zero-order valence-electron chi connectivity index (χ0n) is 30.9. The van der Waals surface area contributed by atoms with Crippen molar-refractivity contribution >= 4 is 59.3 Å². The Hall–Kier alpha value is -5.96. The molecule has 1 aromatic heterocycles. The summed E-state index contributed by atoms with van der Waals surface area (Å²) < 4.78 is 2.69. The summed E-state index contributed by atoms with van der Waals surface area (Å²) in [6, 6.07) is 61.5. The van der Waals surface area contributed by atoms with Crippen LogP contribution in [0.5, 0.6) is 0 Å². The first-order valence-electron chi connectivity index (χ1n) is 19.0. The number of rotatable bonds is 4. The first-order valence-corrected chi connectivity index (χ1v) is 19.8. The monoisotopic (exact) mass is 709 g/mol. The van der Waals surface area contributed by atoms with Crippen LogP contribution in [-0.2, 0) is 10.8 Å². The number of hydrogen-bond acceptors (Lipinski definition) is 2. The summed E-state index contributed by atoms with van der Waals surface area (Å²) in [6.45, 7) is 9.44. The van der Waals surface area contributed by atoms with Crippen molar-refractivity contribution in [2.75, 3.05) is 4.90 Å². The van der Waals surface area contributed by atoms with E-state index in [1.165, 1.54) is 98.0 Å². The van der Waals surface area contributed by atoms with Crippen LogP contribution < -0.4 is 4.90 Å². The van der Waals surface area contributed by atoms with Gasteiger partial charge in [0.05, 0.1) is 0 Å².